The zero-order chi connectivity index (χ0) is 11.5. The summed E-state index contributed by atoms with van der Waals surface area (Å²) in [6.45, 7) is 8.24. The van der Waals surface area contributed by atoms with E-state index >= 15 is 0 Å². The Morgan fingerprint density at radius 3 is 2.62 bits per heavy atom. The van der Waals surface area contributed by atoms with Gasteiger partial charge < -0.3 is 5.32 Å². The van der Waals surface area contributed by atoms with E-state index in [2.05, 4.69) is 17.1 Å². The Hall–Kier alpha value is -0.930. The Morgan fingerprint density at radius 1 is 1.31 bits per heavy atom. The lowest BCUT2D eigenvalue weighted by Crippen LogP contribution is -2.44. The van der Waals surface area contributed by atoms with Gasteiger partial charge in [0.1, 0.15) is 5.82 Å². The molecule has 1 saturated heterocycles. The summed E-state index contributed by atoms with van der Waals surface area (Å²) >= 11 is 0. The smallest absolute Gasteiger partial charge is 0.126 e. The molecule has 1 heterocycles. The van der Waals surface area contributed by atoms with Gasteiger partial charge in [-0.05, 0) is 31.0 Å². The summed E-state index contributed by atoms with van der Waals surface area (Å²) in [7, 11) is 0. The predicted octanol–water partition coefficient (Wildman–Crippen LogP) is 2.10. The topological polar surface area (TPSA) is 15.3 Å². The van der Waals surface area contributed by atoms with Gasteiger partial charge in [0, 0.05) is 32.2 Å². The molecule has 2 rings (SSSR count). The van der Waals surface area contributed by atoms with Crippen LogP contribution in [-0.2, 0) is 0 Å². The first-order valence-electron chi connectivity index (χ1n) is 5.89. The van der Waals surface area contributed by atoms with Gasteiger partial charge in [0.05, 0.1) is 0 Å². The molecule has 0 spiro atoms. The number of hydrogen-bond donors (Lipinski definition) is 1. The minimum Gasteiger partial charge on any atom is -0.314 e. The molecule has 2 nitrogen and oxygen atoms in total. The lowest BCUT2D eigenvalue weighted by atomic mass is 10.0. The van der Waals surface area contributed by atoms with E-state index in [1.54, 1.807) is 6.07 Å². The molecular weight excluding hydrogens is 203 g/mol. The Balaban J connectivity index is 2.12. The first-order valence-corrected chi connectivity index (χ1v) is 5.89. The second-order valence-electron chi connectivity index (χ2n) is 4.47. The lowest BCUT2D eigenvalue weighted by Gasteiger charge is -2.33. The number of piperazine rings is 1. The predicted molar refractivity (Wildman–Crippen MR) is 64.0 cm³/mol. The Labute approximate surface area is 96.5 Å². The number of aryl methyl sites for hydroxylation is 1. The van der Waals surface area contributed by atoms with E-state index in [9.17, 15) is 4.39 Å². The molecule has 1 aliphatic rings. The van der Waals surface area contributed by atoms with Gasteiger partial charge in [-0.1, -0.05) is 12.1 Å². The fraction of sp³-hybridized carbons (Fsp3) is 0.538. The monoisotopic (exact) mass is 222 g/mol. The van der Waals surface area contributed by atoms with E-state index in [4.69, 9.17) is 0 Å². The van der Waals surface area contributed by atoms with Gasteiger partial charge >= 0.3 is 0 Å². The number of nitrogens with zero attached hydrogens (tertiary/aromatic N) is 1. The van der Waals surface area contributed by atoms with Crippen LogP contribution in [-0.4, -0.2) is 31.1 Å². The van der Waals surface area contributed by atoms with Gasteiger partial charge in [-0.2, -0.15) is 0 Å². The molecule has 1 aliphatic heterocycles. The van der Waals surface area contributed by atoms with Crippen molar-refractivity contribution in [2.45, 2.75) is 19.9 Å². The maximum atomic E-state index is 13.2. The van der Waals surface area contributed by atoms with Gasteiger partial charge in [-0.25, -0.2) is 4.39 Å². The molecule has 88 valence electrons. The van der Waals surface area contributed by atoms with Crippen molar-refractivity contribution in [3.05, 3.63) is 35.1 Å². The summed E-state index contributed by atoms with van der Waals surface area (Å²) < 4.78 is 13.2. The first kappa shape index (κ1) is 11.6. The van der Waals surface area contributed by atoms with E-state index in [-0.39, 0.29) is 5.82 Å². The standard InChI is InChI=1S/C13H19FN2/c1-10-9-12(3-4-13(10)14)11(2)16-7-5-15-6-8-16/h3-4,9,11,15H,5-8H2,1-2H3/t11-/m0/s1. The summed E-state index contributed by atoms with van der Waals surface area (Å²) in [5.74, 6) is -0.115. The molecule has 1 N–H and O–H groups in total. The number of hydrogen-bond acceptors (Lipinski definition) is 2. The van der Waals surface area contributed by atoms with Crippen LogP contribution in [0.3, 0.4) is 0 Å². The maximum Gasteiger partial charge on any atom is 0.126 e. The Bertz CT molecular complexity index is 359. The van der Waals surface area contributed by atoms with Crippen molar-refractivity contribution in [1.82, 2.24) is 10.2 Å². The summed E-state index contributed by atoms with van der Waals surface area (Å²) in [6, 6.07) is 5.81. The zero-order valence-electron chi connectivity index (χ0n) is 9.96. The Morgan fingerprint density at radius 2 is 2.00 bits per heavy atom. The number of benzene rings is 1. The molecule has 0 aromatic heterocycles. The van der Waals surface area contributed by atoms with E-state index in [1.165, 1.54) is 5.56 Å². The quantitative estimate of drug-likeness (QED) is 0.824. The van der Waals surface area contributed by atoms with E-state index in [1.807, 2.05) is 19.1 Å². The van der Waals surface area contributed by atoms with Crippen LogP contribution in [0.2, 0.25) is 0 Å². The molecule has 0 aliphatic carbocycles. The summed E-state index contributed by atoms with van der Waals surface area (Å²) in [5, 5.41) is 3.34. The molecule has 1 fully saturated rings. The van der Waals surface area contributed by atoms with Crippen molar-refractivity contribution in [3.8, 4) is 0 Å². The van der Waals surface area contributed by atoms with Crippen LogP contribution in [0.1, 0.15) is 24.1 Å². The third kappa shape index (κ3) is 2.42. The molecule has 0 unspecified atom stereocenters. The lowest BCUT2D eigenvalue weighted by molar-refractivity contribution is 0.185. The second kappa shape index (κ2) is 4.93. The maximum absolute atomic E-state index is 13.2. The van der Waals surface area contributed by atoms with Crippen LogP contribution in [0.5, 0.6) is 0 Å². The molecule has 1 aromatic carbocycles. The normalized spacial score (nSPS) is 19.7. The number of rotatable bonds is 2. The zero-order valence-corrected chi connectivity index (χ0v) is 9.96. The highest BCUT2D eigenvalue weighted by molar-refractivity contribution is 5.26. The van der Waals surface area contributed by atoms with Crippen molar-refractivity contribution in [1.29, 1.82) is 0 Å². The summed E-state index contributed by atoms with van der Waals surface area (Å²) in [5.41, 5.74) is 1.94. The van der Waals surface area contributed by atoms with Gasteiger partial charge in [-0.3, -0.25) is 4.90 Å². The van der Waals surface area contributed by atoms with E-state index < -0.39 is 0 Å². The van der Waals surface area contributed by atoms with Gasteiger partial charge in [0.25, 0.3) is 0 Å². The highest BCUT2D eigenvalue weighted by Gasteiger charge is 2.18. The largest absolute Gasteiger partial charge is 0.314 e. The van der Waals surface area contributed by atoms with Crippen molar-refractivity contribution in [2.24, 2.45) is 0 Å². The third-order valence-electron chi connectivity index (χ3n) is 3.36. The average Bonchev–Trinajstić information content (AvgIpc) is 2.33. The molecule has 0 saturated carbocycles. The molecule has 0 amide bonds. The minimum atomic E-state index is -0.115. The molecular formula is C13H19FN2. The van der Waals surface area contributed by atoms with Crippen molar-refractivity contribution >= 4 is 0 Å². The van der Waals surface area contributed by atoms with Gasteiger partial charge in [0.15, 0.2) is 0 Å². The highest BCUT2D eigenvalue weighted by atomic mass is 19.1. The highest BCUT2D eigenvalue weighted by Crippen LogP contribution is 2.22. The van der Waals surface area contributed by atoms with Gasteiger partial charge in [-0.15, -0.1) is 0 Å². The number of nitrogens with one attached hydrogen (secondary N) is 1. The molecule has 0 radical (unpaired) electrons. The van der Waals surface area contributed by atoms with Crippen LogP contribution in [0.25, 0.3) is 0 Å². The molecule has 1 aromatic rings. The second-order valence-corrected chi connectivity index (χ2v) is 4.47. The third-order valence-corrected chi connectivity index (χ3v) is 3.36. The van der Waals surface area contributed by atoms with Crippen LogP contribution in [0.15, 0.2) is 18.2 Å². The first-order chi connectivity index (χ1) is 7.68. The average molecular weight is 222 g/mol. The van der Waals surface area contributed by atoms with Gasteiger partial charge in [0.2, 0.25) is 0 Å². The van der Waals surface area contributed by atoms with Crippen molar-refractivity contribution < 1.29 is 4.39 Å². The van der Waals surface area contributed by atoms with Crippen LogP contribution >= 0.6 is 0 Å². The fourth-order valence-corrected chi connectivity index (χ4v) is 2.21. The summed E-state index contributed by atoms with van der Waals surface area (Å²) in [6.07, 6.45) is 0. The van der Waals surface area contributed by atoms with Crippen molar-refractivity contribution in [2.75, 3.05) is 26.2 Å². The van der Waals surface area contributed by atoms with Crippen molar-refractivity contribution in [3.63, 3.8) is 0 Å². The SMILES string of the molecule is Cc1cc([C@H](C)N2CCNCC2)ccc1F. The summed E-state index contributed by atoms with van der Waals surface area (Å²) in [4.78, 5) is 2.43. The minimum absolute atomic E-state index is 0.115. The fourth-order valence-electron chi connectivity index (χ4n) is 2.21. The Kier molecular flexibility index (Phi) is 3.56. The van der Waals surface area contributed by atoms with Crippen LogP contribution < -0.4 is 5.32 Å². The van der Waals surface area contributed by atoms with Crippen LogP contribution in [0, 0.1) is 12.7 Å². The van der Waals surface area contributed by atoms with E-state index in [0.717, 1.165) is 31.7 Å². The van der Waals surface area contributed by atoms with Crippen LogP contribution in [0.4, 0.5) is 4.39 Å². The van der Waals surface area contributed by atoms with E-state index in [0.29, 0.717) is 6.04 Å². The molecule has 3 heteroatoms. The number of halogens is 1. The molecule has 1 atom stereocenters. The molecule has 0 bridgehead atoms. The molecule has 16 heavy (non-hydrogen) atoms.